The molecule has 1 N–H and O–H groups in total. The molecule has 3 heterocycles. The molecule has 3 aromatic carbocycles. The first-order chi connectivity index (χ1) is 19.0. The number of nitrogens with one attached hydrogen (secondary N) is 1. The lowest BCUT2D eigenvalue weighted by Gasteiger charge is -2.18. The van der Waals surface area contributed by atoms with Gasteiger partial charge in [-0.3, -0.25) is 19.3 Å². The Balaban J connectivity index is 1.35. The smallest absolute Gasteiger partial charge is 0.337 e. The monoisotopic (exact) mass is 519 g/mol. The Morgan fingerprint density at radius 3 is 2.67 bits per heavy atom. The largest absolute Gasteiger partial charge is 0.465 e. The number of amides is 2. The highest BCUT2D eigenvalue weighted by Gasteiger charge is 2.36. The molecule has 6 rings (SSSR count). The van der Waals surface area contributed by atoms with Crippen LogP contribution < -0.4 is 10.2 Å². The highest BCUT2D eigenvalue weighted by atomic mass is 16.5. The van der Waals surface area contributed by atoms with Gasteiger partial charge in [-0.05, 0) is 59.5 Å². The van der Waals surface area contributed by atoms with E-state index in [-0.39, 0.29) is 18.4 Å². The van der Waals surface area contributed by atoms with Gasteiger partial charge in [-0.15, -0.1) is 0 Å². The number of aliphatic imine (C=N–C) groups is 1. The summed E-state index contributed by atoms with van der Waals surface area (Å²) in [5.41, 5.74) is 5.68. The molecular formula is C30H25N5O4. The number of methoxy groups -OCH3 is 1. The first kappa shape index (κ1) is 24.3. The van der Waals surface area contributed by atoms with Gasteiger partial charge in [-0.2, -0.15) is 5.10 Å². The molecule has 1 unspecified atom stereocenters. The molecule has 2 aliphatic rings. The van der Waals surface area contributed by atoms with Crippen LogP contribution in [0, 0.1) is 0 Å². The van der Waals surface area contributed by atoms with Crippen molar-refractivity contribution in [2.75, 3.05) is 23.9 Å². The summed E-state index contributed by atoms with van der Waals surface area (Å²) < 4.78 is 6.44. The van der Waals surface area contributed by atoms with Gasteiger partial charge in [0.2, 0.25) is 11.8 Å². The fraction of sp³-hybridized carbons (Fsp3) is 0.167. The minimum absolute atomic E-state index is 0.0239. The van der Waals surface area contributed by atoms with E-state index >= 15 is 0 Å². The Morgan fingerprint density at radius 1 is 1.05 bits per heavy atom. The van der Waals surface area contributed by atoms with Crippen LogP contribution in [-0.2, 0) is 27.3 Å². The van der Waals surface area contributed by atoms with Gasteiger partial charge in [-0.25, -0.2) is 4.79 Å². The van der Waals surface area contributed by atoms with Crippen LogP contribution in [0.1, 0.15) is 33.0 Å². The molecule has 0 aliphatic carbocycles. The second kappa shape index (κ2) is 10.0. The van der Waals surface area contributed by atoms with Gasteiger partial charge in [0.1, 0.15) is 12.5 Å². The predicted molar refractivity (Wildman–Crippen MR) is 147 cm³/mol. The van der Waals surface area contributed by atoms with Crippen molar-refractivity contribution in [2.45, 2.75) is 18.9 Å². The van der Waals surface area contributed by atoms with Crippen molar-refractivity contribution in [3.8, 4) is 0 Å². The second-order valence-electron chi connectivity index (χ2n) is 9.39. The fourth-order valence-electron chi connectivity index (χ4n) is 5.16. The maximum atomic E-state index is 13.3. The Morgan fingerprint density at radius 2 is 1.90 bits per heavy atom. The zero-order valence-corrected chi connectivity index (χ0v) is 21.2. The molecule has 0 radical (unpaired) electrons. The summed E-state index contributed by atoms with van der Waals surface area (Å²) in [6.07, 6.45) is 4.14. The topological polar surface area (TPSA) is 106 Å². The molecule has 2 aliphatic heterocycles. The van der Waals surface area contributed by atoms with Crippen LogP contribution in [0.4, 0.5) is 17.1 Å². The molecule has 194 valence electrons. The van der Waals surface area contributed by atoms with E-state index in [0.29, 0.717) is 35.6 Å². The van der Waals surface area contributed by atoms with Crippen molar-refractivity contribution in [3.05, 3.63) is 107 Å². The van der Waals surface area contributed by atoms with E-state index in [4.69, 9.17) is 9.73 Å². The number of esters is 1. The lowest BCUT2D eigenvalue weighted by molar-refractivity contribution is -0.119. The van der Waals surface area contributed by atoms with Gasteiger partial charge in [0, 0.05) is 30.3 Å². The normalized spacial score (nSPS) is 16.0. The molecule has 9 heteroatoms. The van der Waals surface area contributed by atoms with E-state index in [0.717, 1.165) is 22.4 Å². The minimum atomic E-state index is -0.658. The lowest BCUT2D eigenvalue weighted by atomic mass is 9.90. The number of fused-ring (bicyclic) bond motifs is 2. The van der Waals surface area contributed by atoms with Crippen LogP contribution in [0.2, 0.25) is 0 Å². The summed E-state index contributed by atoms with van der Waals surface area (Å²) in [5.74, 6) is -1.37. The molecule has 1 aromatic heterocycles. The average molecular weight is 520 g/mol. The molecule has 0 bridgehead atoms. The van der Waals surface area contributed by atoms with Gasteiger partial charge in [0.15, 0.2) is 0 Å². The van der Waals surface area contributed by atoms with Gasteiger partial charge in [-0.1, -0.05) is 36.4 Å². The third-order valence-electron chi connectivity index (χ3n) is 7.01. The summed E-state index contributed by atoms with van der Waals surface area (Å²) in [6, 6.07) is 22.2. The molecule has 0 saturated heterocycles. The number of benzene rings is 3. The number of aromatic nitrogens is 2. The van der Waals surface area contributed by atoms with Crippen molar-refractivity contribution < 1.29 is 19.1 Å². The summed E-state index contributed by atoms with van der Waals surface area (Å²) in [4.78, 5) is 45.0. The van der Waals surface area contributed by atoms with Crippen LogP contribution >= 0.6 is 0 Å². The summed E-state index contributed by atoms with van der Waals surface area (Å²) >= 11 is 0. The number of nitrogens with zero attached hydrogens (tertiary/aromatic N) is 4. The van der Waals surface area contributed by atoms with Crippen molar-refractivity contribution in [3.63, 3.8) is 0 Å². The number of ether oxygens (including phenoxy) is 1. The predicted octanol–water partition coefficient (Wildman–Crippen LogP) is 4.12. The van der Waals surface area contributed by atoms with Crippen molar-refractivity contribution >= 4 is 40.6 Å². The molecule has 0 fully saturated rings. The molecule has 1 atom stereocenters. The number of hydrogen-bond donors (Lipinski definition) is 1. The molecule has 0 spiro atoms. The van der Waals surface area contributed by atoms with E-state index in [1.807, 2.05) is 48.5 Å². The van der Waals surface area contributed by atoms with Crippen molar-refractivity contribution in [1.82, 2.24) is 9.78 Å². The van der Waals surface area contributed by atoms with E-state index in [1.165, 1.54) is 7.11 Å². The van der Waals surface area contributed by atoms with Gasteiger partial charge < -0.3 is 15.0 Å². The lowest BCUT2D eigenvalue weighted by Crippen LogP contribution is -2.32. The quantitative estimate of drug-likeness (QED) is 0.305. The Bertz CT molecular complexity index is 1610. The number of carbonyl (C=O) groups is 3. The second-order valence-corrected chi connectivity index (χ2v) is 9.39. The van der Waals surface area contributed by atoms with Gasteiger partial charge >= 0.3 is 5.97 Å². The number of hydrogen-bond acceptors (Lipinski definition) is 6. The number of rotatable bonds is 6. The molecule has 4 aromatic rings. The van der Waals surface area contributed by atoms with Gasteiger partial charge in [0.05, 0.1) is 24.1 Å². The first-order valence-corrected chi connectivity index (χ1v) is 12.6. The van der Waals surface area contributed by atoms with E-state index in [2.05, 4.69) is 10.4 Å². The van der Waals surface area contributed by atoms with Crippen LogP contribution in [-0.4, -0.2) is 46.9 Å². The summed E-state index contributed by atoms with van der Waals surface area (Å²) in [7, 11) is 1.32. The van der Waals surface area contributed by atoms with E-state index in [1.54, 1.807) is 46.2 Å². The maximum Gasteiger partial charge on any atom is 0.337 e. The maximum absolute atomic E-state index is 13.3. The molecule has 39 heavy (non-hydrogen) atoms. The zero-order valence-electron chi connectivity index (χ0n) is 21.2. The fourth-order valence-corrected chi connectivity index (χ4v) is 5.16. The van der Waals surface area contributed by atoms with E-state index < -0.39 is 11.9 Å². The summed E-state index contributed by atoms with van der Waals surface area (Å²) in [6.45, 7) is 0.771. The Kier molecular flexibility index (Phi) is 6.24. The first-order valence-electron chi connectivity index (χ1n) is 12.6. The van der Waals surface area contributed by atoms with Crippen LogP contribution in [0.3, 0.4) is 0 Å². The molecule has 2 amide bonds. The third kappa shape index (κ3) is 4.59. The van der Waals surface area contributed by atoms with E-state index in [9.17, 15) is 14.4 Å². The van der Waals surface area contributed by atoms with Crippen molar-refractivity contribution in [2.24, 2.45) is 4.99 Å². The third-order valence-corrected chi connectivity index (χ3v) is 7.01. The zero-order chi connectivity index (χ0) is 26.9. The molecular weight excluding hydrogens is 494 g/mol. The highest BCUT2D eigenvalue weighted by molar-refractivity contribution is 6.24. The molecule has 9 nitrogen and oxygen atoms in total. The number of carbonyl (C=O) groups excluding carboxylic acids is 3. The SMILES string of the molecule is COC(=O)c1ccc2c(c1)NC(=O)C2C(=Nc1ccc2c(c1)CCN2C(=O)Cn1cccn1)c1ccccc1. The van der Waals surface area contributed by atoms with Crippen molar-refractivity contribution in [1.29, 1.82) is 0 Å². The Hall–Kier alpha value is -5.05. The Labute approximate surface area is 224 Å². The summed E-state index contributed by atoms with van der Waals surface area (Å²) in [5, 5.41) is 7.03. The average Bonchev–Trinajstić information content (AvgIpc) is 3.69. The standard InChI is InChI=1S/C30H25N5O4/c1-39-30(38)21-8-10-23-24(17-21)33-29(37)27(23)28(19-6-3-2-4-7-19)32-22-9-11-25-20(16-22)12-15-35(25)26(36)18-34-14-5-13-31-34/h2-11,13-14,16-17,27H,12,15,18H2,1H3,(H,33,37). The number of anilines is 2. The van der Waals surface area contributed by atoms with Crippen LogP contribution in [0.25, 0.3) is 0 Å². The van der Waals surface area contributed by atoms with Crippen LogP contribution in [0.15, 0.2) is 90.2 Å². The van der Waals surface area contributed by atoms with Crippen LogP contribution in [0.5, 0.6) is 0 Å². The van der Waals surface area contributed by atoms with Gasteiger partial charge in [0.25, 0.3) is 0 Å². The minimum Gasteiger partial charge on any atom is -0.465 e. The molecule has 0 saturated carbocycles. The highest BCUT2D eigenvalue weighted by Crippen LogP contribution is 2.38.